The lowest BCUT2D eigenvalue weighted by Gasteiger charge is -2.38. The average molecular weight is 313 g/mol. The van der Waals surface area contributed by atoms with Gasteiger partial charge in [0.15, 0.2) is 5.78 Å². The molecule has 0 aliphatic heterocycles. The number of benzene rings is 1. The van der Waals surface area contributed by atoms with Gasteiger partial charge in [0.25, 0.3) is 0 Å². The van der Waals surface area contributed by atoms with E-state index in [2.05, 4.69) is 6.92 Å². The first-order valence-corrected chi connectivity index (χ1v) is 7.96. The zero-order valence-electron chi connectivity index (χ0n) is 12.6. The minimum atomic E-state index is -0.738. The van der Waals surface area contributed by atoms with Crippen LogP contribution < -0.4 is 0 Å². The lowest BCUT2D eigenvalue weighted by Crippen LogP contribution is -2.46. The normalized spacial score (nSPS) is 25.8. The van der Waals surface area contributed by atoms with Gasteiger partial charge in [-0.2, -0.15) is 0 Å². The molecule has 0 radical (unpaired) electrons. The van der Waals surface area contributed by atoms with E-state index < -0.39 is 11.4 Å². The van der Waals surface area contributed by atoms with E-state index in [1.807, 2.05) is 6.92 Å². The summed E-state index contributed by atoms with van der Waals surface area (Å²) < 4.78 is 19.7. The van der Waals surface area contributed by atoms with E-state index in [1.54, 1.807) is 12.1 Å². The first-order valence-electron chi connectivity index (χ1n) is 7.58. The molecule has 0 saturated heterocycles. The Morgan fingerprint density at radius 2 is 2.29 bits per heavy atom. The minimum Gasteiger partial charge on any atom is -0.367 e. The van der Waals surface area contributed by atoms with Crippen molar-refractivity contribution in [1.29, 1.82) is 0 Å². The Kier molecular flexibility index (Phi) is 5.39. The SMILES string of the molecule is CCOC1(C(=O)Cc2ccc(Cl)cc2F)CCCC(C)C1. The summed E-state index contributed by atoms with van der Waals surface area (Å²) in [4.78, 5) is 12.7. The smallest absolute Gasteiger partial charge is 0.169 e. The van der Waals surface area contributed by atoms with Crippen molar-refractivity contribution in [2.45, 2.75) is 51.6 Å². The molecule has 1 aromatic rings. The first-order chi connectivity index (χ1) is 9.97. The monoisotopic (exact) mass is 312 g/mol. The standard InChI is InChI=1S/C17H22ClFO2/c1-3-21-17(8-4-5-12(2)11-17)16(20)9-13-6-7-14(18)10-15(13)19/h6-7,10,12H,3-5,8-9,11H2,1-2H3. The van der Waals surface area contributed by atoms with Crippen molar-refractivity contribution in [1.82, 2.24) is 0 Å². The fraction of sp³-hybridized carbons (Fsp3) is 0.588. The largest absolute Gasteiger partial charge is 0.367 e. The van der Waals surface area contributed by atoms with Gasteiger partial charge in [-0.1, -0.05) is 31.0 Å². The second kappa shape index (κ2) is 6.89. The number of carbonyl (C=O) groups is 1. The molecule has 1 aliphatic rings. The van der Waals surface area contributed by atoms with E-state index in [9.17, 15) is 9.18 Å². The molecule has 1 aromatic carbocycles. The lowest BCUT2D eigenvalue weighted by molar-refractivity contribution is -0.150. The Morgan fingerprint density at radius 3 is 2.90 bits per heavy atom. The van der Waals surface area contributed by atoms with Crippen LogP contribution >= 0.6 is 11.6 Å². The Morgan fingerprint density at radius 1 is 1.52 bits per heavy atom. The van der Waals surface area contributed by atoms with Gasteiger partial charge in [0.2, 0.25) is 0 Å². The summed E-state index contributed by atoms with van der Waals surface area (Å²) >= 11 is 5.75. The molecule has 1 fully saturated rings. The summed E-state index contributed by atoms with van der Waals surface area (Å²) in [5.74, 6) is 0.0211. The number of Topliss-reactive ketones (excluding diaryl/α,β-unsaturated/α-hetero) is 1. The topological polar surface area (TPSA) is 26.3 Å². The molecule has 0 aromatic heterocycles. The molecule has 2 atom stereocenters. The molecule has 0 bridgehead atoms. The van der Waals surface area contributed by atoms with Crippen LogP contribution in [0.2, 0.25) is 5.02 Å². The van der Waals surface area contributed by atoms with Gasteiger partial charge < -0.3 is 4.74 Å². The van der Waals surface area contributed by atoms with Crippen molar-refractivity contribution in [2.75, 3.05) is 6.61 Å². The predicted octanol–water partition coefficient (Wildman–Crippen LogP) is 4.58. The van der Waals surface area contributed by atoms with Crippen LogP contribution in [0.15, 0.2) is 18.2 Å². The molecule has 116 valence electrons. The summed E-state index contributed by atoms with van der Waals surface area (Å²) in [5, 5.41) is 0.342. The third kappa shape index (κ3) is 3.83. The molecule has 2 rings (SSSR count). The molecule has 0 amide bonds. The van der Waals surface area contributed by atoms with Crippen molar-refractivity contribution in [3.8, 4) is 0 Å². The van der Waals surface area contributed by atoms with Gasteiger partial charge >= 0.3 is 0 Å². The molecular weight excluding hydrogens is 291 g/mol. The van der Waals surface area contributed by atoms with Crippen molar-refractivity contribution < 1.29 is 13.9 Å². The van der Waals surface area contributed by atoms with Gasteiger partial charge in [-0.05, 0) is 49.8 Å². The van der Waals surface area contributed by atoms with Gasteiger partial charge in [-0.15, -0.1) is 0 Å². The zero-order valence-corrected chi connectivity index (χ0v) is 13.4. The van der Waals surface area contributed by atoms with E-state index in [4.69, 9.17) is 16.3 Å². The van der Waals surface area contributed by atoms with Crippen LogP contribution in [0.4, 0.5) is 4.39 Å². The fourth-order valence-electron chi connectivity index (χ4n) is 3.24. The summed E-state index contributed by atoms with van der Waals surface area (Å²) in [5.41, 5.74) is -0.347. The number of hydrogen-bond acceptors (Lipinski definition) is 2. The molecule has 2 unspecified atom stereocenters. The van der Waals surface area contributed by atoms with E-state index in [0.29, 0.717) is 23.1 Å². The van der Waals surface area contributed by atoms with Gasteiger partial charge in [0, 0.05) is 18.1 Å². The summed E-state index contributed by atoms with van der Waals surface area (Å²) in [7, 11) is 0. The molecule has 0 N–H and O–H groups in total. The van der Waals surface area contributed by atoms with Crippen molar-refractivity contribution in [2.24, 2.45) is 5.92 Å². The highest BCUT2D eigenvalue weighted by Gasteiger charge is 2.42. The third-order valence-electron chi connectivity index (χ3n) is 4.25. The fourth-order valence-corrected chi connectivity index (χ4v) is 3.40. The number of carbonyl (C=O) groups excluding carboxylic acids is 1. The van der Waals surface area contributed by atoms with Crippen LogP contribution in [0, 0.1) is 11.7 Å². The summed E-state index contributed by atoms with van der Waals surface area (Å²) in [6, 6.07) is 4.45. The van der Waals surface area contributed by atoms with Gasteiger partial charge in [-0.25, -0.2) is 4.39 Å². The van der Waals surface area contributed by atoms with Crippen molar-refractivity contribution in [3.05, 3.63) is 34.6 Å². The van der Waals surface area contributed by atoms with Crippen LogP contribution in [0.5, 0.6) is 0 Å². The second-order valence-electron chi connectivity index (χ2n) is 5.96. The summed E-state index contributed by atoms with van der Waals surface area (Å²) in [6.07, 6.45) is 3.64. The van der Waals surface area contributed by atoms with Crippen molar-refractivity contribution in [3.63, 3.8) is 0 Å². The van der Waals surface area contributed by atoms with E-state index in [-0.39, 0.29) is 12.2 Å². The molecule has 1 saturated carbocycles. The van der Waals surface area contributed by atoms with Crippen LogP contribution in [-0.4, -0.2) is 18.0 Å². The van der Waals surface area contributed by atoms with Gasteiger partial charge in [0.05, 0.1) is 0 Å². The van der Waals surface area contributed by atoms with E-state index in [1.165, 1.54) is 6.07 Å². The Bertz CT molecular complexity index is 514. The molecular formula is C17H22ClFO2. The molecule has 21 heavy (non-hydrogen) atoms. The Hall–Kier alpha value is -0.930. The molecule has 4 heteroatoms. The van der Waals surface area contributed by atoms with Gasteiger partial charge in [0.1, 0.15) is 11.4 Å². The van der Waals surface area contributed by atoms with Crippen LogP contribution in [0.25, 0.3) is 0 Å². The molecule has 0 heterocycles. The Balaban J connectivity index is 2.18. The first kappa shape index (κ1) is 16.4. The number of ketones is 1. The molecule has 2 nitrogen and oxygen atoms in total. The zero-order chi connectivity index (χ0) is 15.5. The van der Waals surface area contributed by atoms with Crippen LogP contribution in [0.1, 0.15) is 45.1 Å². The molecule has 1 aliphatic carbocycles. The maximum Gasteiger partial charge on any atom is 0.169 e. The average Bonchev–Trinajstić information content (AvgIpc) is 2.42. The maximum atomic E-state index is 13.9. The highest BCUT2D eigenvalue weighted by Crippen LogP contribution is 2.37. The number of hydrogen-bond donors (Lipinski definition) is 0. The van der Waals surface area contributed by atoms with Crippen molar-refractivity contribution >= 4 is 17.4 Å². The lowest BCUT2D eigenvalue weighted by atomic mass is 9.75. The second-order valence-corrected chi connectivity index (χ2v) is 6.40. The van der Waals surface area contributed by atoms with Crippen LogP contribution in [-0.2, 0) is 16.0 Å². The number of rotatable bonds is 5. The highest BCUT2D eigenvalue weighted by atomic mass is 35.5. The van der Waals surface area contributed by atoms with E-state index in [0.717, 1.165) is 25.7 Å². The summed E-state index contributed by atoms with van der Waals surface area (Å²) in [6.45, 7) is 4.54. The predicted molar refractivity (Wildman–Crippen MR) is 82.1 cm³/mol. The maximum absolute atomic E-state index is 13.9. The number of ether oxygens (including phenoxy) is 1. The Labute approximate surface area is 130 Å². The third-order valence-corrected chi connectivity index (χ3v) is 4.49. The van der Waals surface area contributed by atoms with Crippen LogP contribution in [0.3, 0.4) is 0 Å². The minimum absolute atomic E-state index is 0.0166. The highest BCUT2D eigenvalue weighted by molar-refractivity contribution is 6.30. The number of halogens is 2. The van der Waals surface area contributed by atoms with E-state index >= 15 is 0 Å². The molecule has 0 spiro atoms. The van der Waals surface area contributed by atoms with Gasteiger partial charge in [-0.3, -0.25) is 4.79 Å². The quantitative estimate of drug-likeness (QED) is 0.795.